The summed E-state index contributed by atoms with van der Waals surface area (Å²) >= 11 is 0. The highest BCUT2D eigenvalue weighted by atomic mass is 31.1. The number of piperazine rings is 1. The van der Waals surface area contributed by atoms with E-state index in [4.69, 9.17) is 10.1 Å². The summed E-state index contributed by atoms with van der Waals surface area (Å²) < 4.78 is 1.92. The molecule has 0 aromatic carbocycles. The first-order chi connectivity index (χ1) is 15.4. The van der Waals surface area contributed by atoms with Crippen molar-refractivity contribution >= 4 is 25.3 Å². The third-order valence-corrected chi connectivity index (χ3v) is 7.66. The molecule has 1 fully saturated rings. The van der Waals surface area contributed by atoms with E-state index in [2.05, 4.69) is 49.2 Å². The summed E-state index contributed by atoms with van der Waals surface area (Å²) in [6, 6.07) is 2.96. The monoisotopic (exact) mass is 450 g/mol. The van der Waals surface area contributed by atoms with Crippen LogP contribution < -0.4 is 5.32 Å². The molecule has 7 nitrogen and oxygen atoms in total. The van der Waals surface area contributed by atoms with E-state index >= 15 is 0 Å². The zero-order valence-corrected chi connectivity index (χ0v) is 20.2. The second-order valence-corrected chi connectivity index (χ2v) is 10.5. The van der Waals surface area contributed by atoms with Crippen LogP contribution in [0, 0.1) is 6.92 Å². The summed E-state index contributed by atoms with van der Waals surface area (Å²) in [7, 11) is 0.462. The molecular weight excluding hydrogens is 419 g/mol. The second kappa shape index (κ2) is 8.45. The van der Waals surface area contributed by atoms with Crippen LogP contribution in [0.4, 0.5) is 0 Å². The number of aromatic nitrogens is 3. The summed E-state index contributed by atoms with van der Waals surface area (Å²) in [6.45, 7) is 10.5. The van der Waals surface area contributed by atoms with Gasteiger partial charge >= 0.3 is 0 Å². The van der Waals surface area contributed by atoms with Gasteiger partial charge in [-0.3, -0.25) is 9.78 Å². The van der Waals surface area contributed by atoms with Gasteiger partial charge in [-0.25, -0.2) is 4.52 Å². The zero-order chi connectivity index (χ0) is 22.4. The molecule has 32 heavy (non-hydrogen) atoms. The third kappa shape index (κ3) is 4.00. The predicted octanol–water partition coefficient (Wildman–Crippen LogP) is 3.27. The maximum absolute atomic E-state index is 13.1. The Morgan fingerprint density at radius 3 is 2.78 bits per heavy atom. The smallest absolute Gasteiger partial charge is 0.252 e. The fourth-order valence-electron chi connectivity index (χ4n) is 4.87. The first-order valence-corrected chi connectivity index (χ1v) is 12.6. The summed E-state index contributed by atoms with van der Waals surface area (Å²) in [6.07, 6.45) is 12.1. The van der Waals surface area contributed by atoms with E-state index in [-0.39, 0.29) is 11.7 Å². The fourth-order valence-corrected chi connectivity index (χ4v) is 6.20. The van der Waals surface area contributed by atoms with E-state index < -0.39 is 0 Å². The Labute approximate surface area is 191 Å². The van der Waals surface area contributed by atoms with E-state index in [1.165, 1.54) is 0 Å². The van der Waals surface area contributed by atoms with Gasteiger partial charge in [0.1, 0.15) is 0 Å². The van der Waals surface area contributed by atoms with Gasteiger partial charge in [0.2, 0.25) is 0 Å². The maximum Gasteiger partial charge on any atom is 0.252 e. The van der Waals surface area contributed by atoms with Crippen molar-refractivity contribution in [2.24, 2.45) is 0 Å². The first-order valence-electron chi connectivity index (χ1n) is 11.5. The van der Waals surface area contributed by atoms with Crippen LogP contribution in [0.3, 0.4) is 0 Å². The van der Waals surface area contributed by atoms with E-state index in [9.17, 15) is 4.79 Å². The lowest BCUT2D eigenvalue weighted by molar-refractivity contribution is -0.123. The average Bonchev–Trinajstić information content (AvgIpc) is 3.17. The van der Waals surface area contributed by atoms with E-state index in [1.54, 1.807) is 6.08 Å². The van der Waals surface area contributed by atoms with Crippen molar-refractivity contribution in [2.45, 2.75) is 58.4 Å². The highest BCUT2D eigenvalue weighted by Crippen LogP contribution is 2.44. The Morgan fingerprint density at radius 2 is 2.03 bits per heavy atom. The third-order valence-electron chi connectivity index (χ3n) is 6.18. The Hall–Kier alpha value is -2.50. The van der Waals surface area contributed by atoms with Gasteiger partial charge in [-0.05, 0) is 39.3 Å². The number of rotatable bonds is 4. The largest absolute Gasteiger partial charge is 0.367 e. The number of nitrogens with one attached hydrogen (secondary N) is 1. The average molecular weight is 451 g/mol. The number of carbonyl (C=O) groups excluding carboxylic acids is 1. The highest BCUT2D eigenvalue weighted by molar-refractivity contribution is 7.51. The molecule has 168 valence electrons. The molecule has 8 heteroatoms. The molecule has 1 saturated heterocycles. The minimum atomic E-state index is 0.0296. The number of allylic oxidation sites excluding steroid dienone is 1. The number of fused-ring (bicyclic) bond motifs is 2. The SMILES string of the molecule is CCCc1nc(C)cn2nc(C3=CC(=O)N4C=C(N5CC(C)N[C@@H](C)C5)C=CC4P3)cc12. The highest BCUT2D eigenvalue weighted by Gasteiger charge is 2.31. The van der Waals surface area contributed by atoms with Crippen molar-refractivity contribution in [3.8, 4) is 0 Å². The molecule has 0 bridgehead atoms. The van der Waals surface area contributed by atoms with Crippen molar-refractivity contribution in [1.29, 1.82) is 0 Å². The van der Waals surface area contributed by atoms with Crippen molar-refractivity contribution < 1.29 is 4.79 Å². The molecule has 0 saturated carbocycles. The molecule has 1 amide bonds. The van der Waals surface area contributed by atoms with Crippen LogP contribution in [0.2, 0.25) is 0 Å². The van der Waals surface area contributed by atoms with Crippen molar-refractivity contribution in [2.75, 3.05) is 13.1 Å². The molecule has 3 unspecified atom stereocenters. The normalized spacial score (nSPS) is 26.5. The minimum absolute atomic E-state index is 0.0296. The molecule has 5 rings (SSSR count). The number of amides is 1. The van der Waals surface area contributed by atoms with Crippen molar-refractivity contribution in [1.82, 2.24) is 29.7 Å². The standard InChI is InChI=1S/C24H31N6OP/c1-5-6-19-21-9-20(27-30(21)13-17(4)26-19)22-10-23(31)29-14-18(7-8-24(29)32-22)28-11-15(2)25-16(3)12-28/h7-10,13-16,24-25,32H,5-6,11-12H2,1-4H3/t15-,16?,24?/m0/s1. The number of aryl methyl sites for hydroxylation is 2. The number of carbonyl (C=O) groups is 1. The lowest BCUT2D eigenvalue weighted by Crippen LogP contribution is -2.54. The molecule has 0 aliphatic carbocycles. The van der Waals surface area contributed by atoms with Crippen LogP contribution in [-0.4, -0.2) is 61.3 Å². The van der Waals surface area contributed by atoms with Gasteiger partial charge < -0.3 is 15.1 Å². The number of hydrogen-bond donors (Lipinski definition) is 1. The quantitative estimate of drug-likeness (QED) is 0.725. The molecule has 4 atom stereocenters. The van der Waals surface area contributed by atoms with Gasteiger partial charge in [0, 0.05) is 42.8 Å². The van der Waals surface area contributed by atoms with E-state index in [0.29, 0.717) is 20.7 Å². The summed E-state index contributed by atoms with van der Waals surface area (Å²) in [5.41, 5.74) is 5.08. The van der Waals surface area contributed by atoms with Crippen LogP contribution in [0.5, 0.6) is 0 Å². The maximum atomic E-state index is 13.1. The molecule has 5 heterocycles. The van der Waals surface area contributed by atoms with E-state index in [0.717, 1.165) is 59.5 Å². The number of nitrogens with zero attached hydrogens (tertiary/aromatic N) is 5. The molecule has 1 N–H and O–H groups in total. The molecule has 0 radical (unpaired) electrons. The lowest BCUT2D eigenvalue weighted by Gasteiger charge is -2.41. The molecular formula is C24H31N6OP. The van der Waals surface area contributed by atoms with Crippen molar-refractivity contribution in [3.05, 3.63) is 59.5 Å². The number of hydrogen-bond acceptors (Lipinski definition) is 5. The van der Waals surface area contributed by atoms with Crippen LogP contribution in [0.15, 0.2) is 42.4 Å². The predicted molar refractivity (Wildman–Crippen MR) is 130 cm³/mol. The minimum Gasteiger partial charge on any atom is -0.367 e. The van der Waals surface area contributed by atoms with Gasteiger partial charge in [0.25, 0.3) is 5.91 Å². The summed E-state index contributed by atoms with van der Waals surface area (Å²) in [4.78, 5) is 22.1. The van der Waals surface area contributed by atoms with Crippen LogP contribution in [0.1, 0.15) is 44.3 Å². The van der Waals surface area contributed by atoms with E-state index in [1.807, 2.05) is 28.7 Å². The molecule has 3 aliphatic heterocycles. The van der Waals surface area contributed by atoms with Gasteiger partial charge in [-0.1, -0.05) is 28.0 Å². The second-order valence-electron chi connectivity index (χ2n) is 9.12. The Bertz CT molecular complexity index is 1140. The molecule has 0 spiro atoms. The molecule has 3 aliphatic rings. The Kier molecular flexibility index (Phi) is 5.64. The van der Waals surface area contributed by atoms with Crippen LogP contribution >= 0.6 is 8.58 Å². The van der Waals surface area contributed by atoms with Gasteiger partial charge in [0.05, 0.1) is 40.3 Å². The fraction of sp³-hybridized carbons (Fsp3) is 0.458. The topological polar surface area (TPSA) is 65.8 Å². The van der Waals surface area contributed by atoms with Gasteiger partial charge in [0.15, 0.2) is 0 Å². The van der Waals surface area contributed by atoms with Crippen LogP contribution in [0.25, 0.3) is 10.8 Å². The Morgan fingerprint density at radius 1 is 1.25 bits per heavy atom. The van der Waals surface area contributed by atoms with Crippen LogP contribution in [-0.2, 0) is 11.2 Å². The van der Waals surface area contributed by atoms with Gasteiger partial charge in [-0.2, -0.15) is 5.10 Å². The summed E-state index contributed by atoms with van der Waals surface area (Å²) in [5.74, 6) is 0.0887. The molecule has 2 aromatic rings. The summed E-state index contributed by atoms with van der Waals surface area (Å²) in [5, 5.41) is 9.40. The zero-order valence-electron chi connectivity index (χ0n) is 19.2. The van der Waals surface area contributed by atoms with Crippen molar-refractivity contribution in [3.63, 3.8) is 0 Å². The Balaban J connectivity index is 1.42. The lowest BCUT2D eigenvalue weighted by atomic mass is 10.1. The van der Waals surface area contributed by atoms with Gasteiger partial charge in [-0.15, -0.1) is 0 Å². The molecule has 2 aromatic heterocycles. The first kappa shape index (κ1) is 21.4.